The van der Waals surface area contributed by atoms with Crippen molar-refractivity contribution in [3.63, 3.8) is 0 Å². The van der Waals surface area contributed by atoms with Crippen molar-refractivity contribution in [1.29, 1.82) is 0 Å². The average molecular weight is 305 g/mol. The van der Waals surface area contributed by atoms with Crippen molar-refractivity contribution in [2.24, 2.45) is 0 Å². The van der Waals surface area contributed by atoms with Gasteiger partial charge >= 0.3 is 0 Å². The number of nitrogens with zero attached hydrogens (tertiary/aromatic N) is 1. The SMILES string of the molecule is CC(NC(=O)c1ccccn1)c1ccccc1Br. The summed E-state index contributed by atoms with van der Waals surface area (Å²) in [7, 11) is 0. The van der Waals surface area contributed by atoms with Crippen molar-refractivity contribution >= 4 is 21.8 Å². The molecule has 2 rings (SSSR count). The minimum absolute atomic E-state index is 0.0740. The highest BCUT2D eigenvalue weighted by Gasteiger charge is 2.13. The van der Waals surface area contributed by atoms with Crippen LogP contribution in [0.1, 0.15) is 29.0 Å². The highest BCUT2D eigenvalue weighted by Crippen LogP contribution is 2.22. The van der Waals surface area contributed by atoms with Gasteiger partial charge in [-0.15, -0.1) is 0 Å². The Kier molecular flexibility index (Phi) is 4.10. The molecule has 0 radical (unpaired) electrons. The van der Waals surface area contributed by atoms with Crippen LogP contribution in [0.15, 0.2) is 53.1 Å². The standard InChI is InChI=1S/C14H13BrN2O/c1-10(11-6-2-3-7-12(11)15)17-14(18)13-8-4-5-9-16-13/h2-10H,1H3,(H,17,18). The fraction of sp³-hybridized carbons (Fsp3) is 0.143. The molecule has 0 spiro atoms. The maximum absolute atomic E-state index is 12.0. The van der Waals surface area contributed by atoms with Gasteiger partial charge in [0.25, 0.3) is 5.91 Å². The Morgan fingerprint density at radius 3 is 2.61 bits per heavy atom. The lowest BCUT2D eigenvalue weighted by Gasteiger charge is -2.15. The quantitative estimate of drug-likeness (QED) is 0.945. The van der Waals surface area contributed by atoms with E-state index in [0.717, 1.165) is 10.0 Å². The predicted molar refractivity (Wildman–Crippen MR) is 74.3 cm³/mol. The second-order valence-electron chi connectivity index (χ2n) is 3.93. The monoisotopic (exact) mass is 304 g/mol. The van der Waals surface area contributed by atoms with E-state index in [4.69, 9.17) is 0 Å². The summed E-state index contributed by atoms with van der Waals surface area (Å²) < 4.78 is 0.985. The minimum atomic E-state index is -0.168. The van der Waals surface area contributed by atoms with Crippen molar-refractivity contribution in [3.05, 3.63) is 64.4 Å². The lowest BCUT2D eigenvalue weighted by atomic mass is 10.1. The third-order valence-corrected chi connectivity index (χ3v) is 3.34. The van der Waals surface area contributed by atoms with Crippen LogP contribution in [0.3, 0.4) is 0 Å². The van der Waals surface area contributed by atoms with E-state index in [0.29, 0.717) is 5.69 Å². The van der Waals surface area contributed by atoms with Crippen LogP contribution in [0, 0.1) is 0 Å². The first-order chi connectivity index (χ1) is 8.68. The molecule has 1 unspecified atom stereocenters. The highest BCUT2D eigenvalue weighted by atomic mass is 79.9. The van der Waals surface area contributed by atoms with Gasteiger partial charge in [-0.1, -0.05) is 40.2 Å². The summed E-state index contributed by atoms with van der Waals surface area (Å²) >= 11 is 3.48. The first-order valence-corrected chi connectivity index (χ1v) is 6.44. The summed E-state index contributed by atoms with van der Waals surface area (Å²) in [5, 5.41) is 2.92. The van der Waals surface area contributed by atoms with Gasteiger partial charge in [-0.3, -0.25) is 9.78 Å². The number of amides is 1. The number of benzene rings is 1. The zero-order valence-electron chi connectivity index (χ0n) is 9.93. The van der Waals surface area contributed by atoms with Crippen LogP contribution >= 0.6 is 15.9 Å². The van der Waals surface area contributed by atoms with Crippen LogP contribution < -0.4 is 5.32 Å². The molecule has 2 aromatic rings. The number of nitrogens with one attached hydrogen (secondary N) is 1. The molecular formula is C14H13BrN2O. The third kappa shape index (κ3) is 2.96. The molecule has 1 atom stereocenters. The van der Waals surface area contributed by atoms with Gasteiger partial charge in [-0.25, -0.2) is 0 Å². The van der Waals surface area contributed by atoms with Crippen molar-refractivity contribution in [2.75, 3.05) is 0 Å². The Bertz CT molecular complexity index is 543. The summed E-state index contributed by atoms with van der Waals surface area (Å²) in [6, 6.07) is 13.0. The molecule has 0 fully saturated rings. The number of hydrogen-bond acceptors (Lipinski definition) is 2. The number of halogens is 1. The highest BCUT2D eigenvalue weighted by molar-refractivity contribution is 9.10. The second kappa shape index (κ2) is 5.78. The number of aromatic nitrogens is 1. The molecule has 4 heteroatoms. The molecular weight excluding hydrogens is 292 g/mol. The molecule has 1 N–H and O–H groups in total. The largest absolute Gasteiger partial charge is 0.344 e. The number of rotatable bonds is 3. The number of hydrogen-bond donors (Lipinski definition) is 1. The molecule has 1 aromatic carbocycles. The van der Waals surface area contributed by atoms with E-state index in [-0.39, 0.29) is 11.9 Å². The molecule has 0 saturated carbocycles. The van der Waals surface area contributed by atoms with Gasteiger partial charge in [-0.2, -0.15) is 0 Å². The average Bonchev–Trinajstić information content (AvgIpc) is 2.40. The van der Waals surface area contributed by atoms with Gasteiger partial charge in [0.2, 0.25) is 0 Å². The van der Waals surface area contributed by atoms with Gasteiger partial charge in [0.15, 0.2) is 0 Å². The summed E-state index contributed by atoms with van der Waals surface area (Å²) in [5.41, 5.74) is 1.47. The van der Waals surface area contributed by atoms with E-state index < -0.39 is 0 Å². The second-order valence-corrected chi connectivity index (χ2v) is 4.79. The summed E-state index contributed by atoms with van der Waals surface area (Å²) in [4.78, 5) is 16.0. The molecule has 0 aliphatic heterocycles. The zero-order valence-corrected chi connectivity index (χ0v) is 11.5. The maximum atomic E-state index is 12.0. The third-order valence-electron chi connectivity index (χ3n) is 2.62. The molecule has 0 aliphatic carbocycles. The number of carbonyl (C=O) groups excluding carboxylic acids is 1. The van der Waals surface area contributed by atoms with E-state index >= 15 is 0 Å². The normalized spacial score (nSPS) is 11.9. The van der Waals surface area contributed by atoms with Crippen molar-refractivity contribution in [3.8, 4) is 0 Å². The lowest BCUT2D eigenvalue weighted by Crippen LogP contribution is -2.27. The van der Waals surface area contributed by atoms with Crippen LogP contribution in [0.25, 0.3) is 0 Å². The Morgan fingerprint density at radius 2 is 1.94 bits per heavy atom. The lowest BCUT2D eigenvalue weighted by molar-refractivity contribution is 0.0935. The van der Waals surface area contributed by atoms with E-state index in [1.54, 1.807) is 24.4 Å². The Hall–Kier alpha value is -1.68. The fourth-order valence-corrected chi connectivity index (χ4v) is 2.30. The smallest absolute Gasteiger partial charge is 0.270 e. The molecule has 1 heterocycles. The summed E-state index contributed by atoms with van der Waals surface area (Å²) in [6.07, 6.45) is 1.61. The van der Waals surface area contributed by atoms with Crippen LogP contribution in [0.5, 0.6) is 0 Å². The number of carbonyl (C=O) groups is 1. The number of pyridine rings is 1. The molecule has 0 bridgehead atoms. The Labute approximate surface area is 114 Å². The zero-order chi connectivity index (χ0) is 13.0. The van der Waals surface area contributed by atoms with Crippen molar-refractivity contribution < 1.29 is 4.79 Å². The molecule has 1 amide bonds. The first kappa shape index (κ1) is 12.8. The van der Waals surface area contributed by atoms with E-state index in [1.807, 2.05) is 31.2 Å². The van der Waals surface area contributed by atoms with Crippen LogP contribution in [-0.4, -0.2) is 10.9 Å². The van der Waals surface area contributed by atoms with Crippen LogP contribution in [0.4, 0.5) is 0 Å². The first-order valence-electron chi connectivity index (χ1n) is 5.65. The van der Waals surface area contributed by atoms with Crippen LogP contribution in [0.2, 0.25) is 0 Å². The molecule has 18 heavy (non-hydrogen) atoms. The molecule has 3 nitrogen and oxygen atoms in total. The molecule has 0 saturated heterocycles. The van der Waals surface area contributed by atoms with Gasteiger partial charge in [0, 0.05) is 10.7 Å². The van der Waals surface area contributed by atoms with Gasteiger partial charge < -0.3 is 5.32 Å². The minimum Gasteiger partial charge on any atom is -0.344 e. The Balaban J connectivity index is 2.11. The maximum Gasteiger partial charge on any atom is 0.270 e. The fourth-order valence-electron chi connectivity index (χ4n) is 1.67. The molecule has 92 valence electrons. The summed E-state index contributed by atoms with van der Waals surface area (Å²) in [6.45, 7) is 1.95. The molecule has 1 aromatic heterocycles. The van der Waals surface area contributed by atoms with Crippen molar-refractivity contribution in [2.45, 2.75) is 13.0 Å². The van der Waals surface area contributed by atoms with Crippen LogP contribution in [-0.2, 0) is 0 Å². The van der Waals surface area contributed by atoms with Crippen molar-refractivity contribution in [1.82, 2.24) is 10.3 Å². The van der Waals surface area contributed by atoms with E-state index in [1.165, 1.54) is 0 Å². The van der Waals surface area contributed by atoms with E-state index in [9.17, 15) is 4.79 Å². The summed E-state index contributed by atoms with van der Waals surface area (Å²) in [5.74, 6) is -0.168. The van der Waals surface area contributed by atoms with Gasteiger partial charge in [0.05, 0.1) is 6.04 Å². The van der Waals surface area contributed by atoms with Gasteiger partial charge in [-0.05, 0) is 30.7 Å². The Morgan fingerprint density at radius 1 is 1.22 bits per heavy atom. The predicted octanol–water partition coefficient (Wildman–Crippen LogP) is 3.34. The van der Waals surface area contributed by atoms with Gasteiger partial charge in [0.1, 0.15) is 5.69 Å². The molecule has 0 aliphatic rings. The van der Waals surface area contributed by atoms with E-state index in [2.05, 4.69) is 26.2 Å². The topological polar surface area (TPSA) is 42.0 Å².